The van der Waals surface area contributed by atoms with E-state index in [0.717, 1.165) is 0 Å². The summed E-state index contributed by atoms with van der Waals surface area (Å²) < 4.78 is 1.52. The maximum atomic E-state index is 6.14. The SMILES string of the molecule is Clc1ccc(Cl)c(-n2ncc3c(Cl)nc(Cl)nc32)c1. The molecule has 0 aliphatic heterocycles. The Hall–Kier alpha value is -1.07. The Morgan fingerprint density at radius 1 is 1.00 bits per heavy atom. The van der Waals surface area contributed by atoms with E-state index in [-0.39, 0.29) is 10.4 Å². The highest BCUT2D eigenvalue weighted by Crippen LogP contribution is 2.28. The molecule has 3 aromatic rings. The van der Waals surface area contributed by atoms with Gasteiger partial charge >= 0.3 is 0 Å². The van der Waals surface area contributed by atoms with E-state index in [2.05, 4.69) is 15.1 Å². The van der Waals surface area contributed by atoms with E-state index in [1.807, 2.05) is 0 Å². The Morgan fingerprint density at radius 2 is 1.79 bits per heavy atom. The Balaban J connectivity index is 2.34. The normalized spacial score (nSPS) is 11.2. The van der Waals surface area contributed by atoms with Gasteiger partial charge in [0, 0.05) is 5.02 Å². The predicted molar refractivity (Wildman–Crippen MR) is 76.7 cm³/mol. The minimum atomic E-state index is 0.0393. The third-order valence-electron chi connectivity index (χ3n) is 2.49. The summed E-state index contributed by atoms with van der Waals surface area (Å²) >= 11 is 23.9. The van der Waals surface area contributed by atoms with E-state index in [0.29, 0.717) is 26.8 Å². The molecule has 2 heterocycles. The van der Waals surface area contributed by atoms with E-state index in [9.17, 15) is 0 Å². The van der Waals surface area contributed by atoms with Crippen LogP contribution in [0.5, 0.6) is 0 Å². The summed E-state index contributed by atoms with van der Waals surface area (Å²) in [6.45, 7) is 0. The van der Waals surface area contributed by atoms with Gasteiger partial charge in [0.2, 0.25) is 5.28 Å². The third kappa shape index (κ3) is 2.25. The Labute approximate surface area is 127 Å². The van der Waals surface area contributed by atoms with Crippen molar-refractivity contribution < 1.29 is 0 Å². The third-order valence-corrected chi connectivity index (χ3v) is 3.50. The van der Waals surface area contributed by atoms with E-state index >= 15 is 0 Å². The highest BCUT2D eigenvalue weighted by molar-refractivity contribution is 6.36. The molecule has 2 aromatic heterocycles. The molecular weight excluding hydrogens is 330 g/mol. The summed E-state index contributed by atoms with van der Waals surface area (Å²) in [7, 11) is 0. The number of hydrogen-bond donors (Lipinski definition) is 0. The quantitative estimate of drug-likeness (QED) is 0.488. The summed E-state index contributed by atoms with van der Waals surface area (Å²) in [5.41, 5.74) is 1.06. The molecule has 96 valence electrons. The smallest absolute Gasteiger partial charge is 0.213 e. The van der Waals surface area contributed by atoms with Crippen molar-refractivity contribution in [3.8, 4) is 5.69 Å². The Kier molecular flexibility index (Phi) is 3.27. The van der Waals surface area contributed by atoms with Crippen LogP contribution in [0.2, 0.25) is 20.5 Å². The number of rotatable bonds is 1. The first-order valence-corrected chi connectivity index (χ1v) is 6.59. The van der Waals surface area contributed by atoms with E-state index in [1.165, 1.54) is 4.68 Å². The number of nitrogens with zero attached hydrogens (tertiary/aromatic N) is 4. The van der Waals surface area contributed by atoms with Gasteiger partial charge in [-0.1, -0.05) is 34.8 Å². The van der Waals surface area contributed by atoms with Gasteiger partial charge in [-0.25, -0.2) is 9.67 Å². The lowest BCUT2D eigenvalue weighted by Gasteiger charge is -2.06. The molecule has 3 rings (SSSR count). The fourth-order valence-corrected chi connectivity index (χ4v) is 2.46. The fourth-order valence-electron chi connectivity index (χ4n) is 1.67. The van der Waals surface area contributed by atoms with Crippen molar-refractivity contribution in [1.29, 1.82) is 0 Å². The average molecular weight is 334 g/mol. The van der Waals surface area contributed by atoms with Gasteiger partial charge < -0.3 is 0 Å². The summed E-state index contributed by atoms with van der Waals surface area (Å²) in [4.78, 5) is 7.97. The van der Waals surface area contributed by atoms with Crippen LogP contribution in [0.3, 0.4) is 0 Å². The summed E-state index contributed by atoms with van der Waals surface area (Å²) in [6.07, 6.45) is 1.55. The van der Waals surface area contributed by atoms with Gasteiger partial charge in [-0.15, -0.1) is 0 Å². The average Bonchev–Trinajstić information content (AvgIpc) is 2.76. The van der Waals surface area contributed by atoms with Gasteiger partial charge in [0.05, 0.1) is 22.3 Å². The van der Waals surface area contributed by atoms with Crippen molar-refractivity contribution >= 4 is 57.4 Å². The topological polar surface area (TPSA) is 43.6 Å². The summed E-state index contributed by atoms with van der Waals surface area (Å²) in [5.74, 6) is 0. The first-order valence-electron chi connectivity index (χ1n) is 5.08. The van der Waals surface area contributed by atoms with Crippen LogP contribution < -0.4 is 0 Å². The van der Waals surface area contributed by atoms with Crippen LogP contribution in [0.25, 0.3) is 16.7 Å². The summed E-state index contributed by atoms with van der Waals surface area (Å²) in [6, 6.07) is 5.05. The minimum Gasteiger partial charge on any atom is -0.213 e. The predicted octanol–water partition coefficient (Wildman–Crippen LogP) is 4.43. The molecule has 8 heteroatoms. The second-order valence-electron chi connectivity index (χ2n) is 3.67. The fraction of sp³-hybridized carbons (Fsp3) is 0. The lowest BCUT2D eigenvalue weighted by molar-refractivity contribution is 0.895. The number of halogens is 4. The molecule has 0 N–H and O–H groups in total. The van der Waals surface area contributed by atoms with Crippen LogP contribution in [-0.4, -0.2) is 19.7 Å². The van der Waals surface area contributed by atoms with Crippen molar-refractivity contribution in [2.75, 3.05) is 0 Å². The standard InChI is InChI=1S/C11H4Cl4N4/c12-5-1-2-7(13)8(3-5)19-10-6(4-16-19)9(14)17-11(15)18-10/h1-4H. The number of aromatic nitrogens is 4. The second-order valence-corrected chi connectivity index (χ2v) is 5.21. The molecule has 0 unspecified atom stereocenters. The van der Waals surface area contributed by atoms with Crippen LogP contribution in [0.15, 0.2) is 24.4 Å². The maximum absolute atomic E-state index is 6.14. The summed E-state index contributed by atoms with van der Waals surface area (Å²) in [5, 5.41) is 6.08. The zero-order chi connectivity index (χ0) is 13.6. The maximum Gasteiger partial charge on any atom is 0.225 e. The van der Waals surface area contributed by atoms with Crippen molar-refractivity contribution in [2.24, 2.45) is 0 Å². The van der Waals surface area contributed by atoms with Gasteiger partial charge in [0.15, 0.2) is 5.65 Å². The molecule has 0 radical (unpaired) electrons. The van der Waals surface area contributed by atoms with Crippen molar-refractivity contribution in [3.63, 3.8) is 0 Å². The number of benzene rings is 1. The first kappa shape index (κ1) is 12.9. The van der Waals surface area contributed by atoms with Gasteiger partial charge in [0.1, 0.15) is 5.15 Å². The van der Waals surface area contributed by atoms with E-state index < -0.39 is 0 Å². The molecule has 0 aliphatic carbocycles. The van der Waals surface area contributed by atoms with E-state index in [1.54, 1.807) is 24.4 Å². The molecule has 4 nitrogen and oxygen atoms in total. The van der Waals surface area contributed by atoms with Gasteiger partial charge in [0.25, 0.3) is 0 Å². The van der Waals surface area contributed by atoms with Crippen molar-refractivity contribution in [1.82, 2.24) is 19.7 Å². The van der Waals surface area contributed by atoms with Crippen LogP contribution in [-0.2, 0) is 0 Å². The highest BCUT2D eigenvalue weighted by Gasteiger charge is 2.14. The molecule has 0 amide bonds. The van der Waals surface area contributed by atoms with Gasteiger partial charge in [-0.05, 0) is 29.8 Å². The Morgan fingerprint density at radius 3 is 2.58 bits per heavy atom. The molecule has 0 fully saturated rings. The van der Waals surface area contributed by atoms with Crippen LogP contribution in [0.4, 0.5) is 0 Å². The zero-order valence-corrected chi connectivity index (χ0v) is 12.1. The van der Waals surface area contributed by atoms with Crippen LogP contribution in [0.1, 0.15) is 0 Å². The Bertz CT molecular complexity index is 784. The van der Waals surface area contributed by atoms with Crippen molar-refractivity contribution in [3.05, 3.63) is 44.9 Å². The lowest BCUT2D eigenvalue weighted by Crippen LogP contribution is -1.99. The molecule has 19 heavy (non-hydrogen) atoms. The van der Waals surface area contributed by atoms with Crippen LogP contribution >= 0.6 is 46.4 Å². The largest absolute Gasteiger partial charge is 0.225 e. The second kappa shape index (κ2) is 4.80. The number of hydrogen-bond acceptors (Lipinski definition) is 3. The molecule has 0 saturated heterocycles. The zero-order valence-electron chi connectivity index (χ0n) is 9.11. The molecule has 0 saturated carbocycles. The number of fused-ring (bicyclic) bond motifs is 1. The minimum absolute atomic E-state index is 0.0393. The van der Waals surface area contributed by atoms with Crippen LogP contribution in [0, 0.1) is 0 Å². The lowest BCUT2D eigenvalue weighted by atomic mass is 10.3. The molecule has 0 bridgehead atoms. The van der Waals surface area contributed by atoms with E-state index in [4.69, 9.17) is 46.4 Å². The molecular formula is C11H4Cl4N4. The van der Waals surface area contributed by atoms with Gasteiger partial charge in [-0.3, -0.25) is 0 Å². The molecule has 0 aliphatic rings. The molecule has 1 aromatic carbocycles. The highest BCUT2D eigenvalue weighted by atomic mass is 35.5. The van der Waals surface area contributed by atoms with Crippen molar-refractivity contribution in [2.45, 2.75) is 0 Å². The monoisotopic (exact) mass is 332 g/mol. The van der Waals surface area contributed by atoms with Gasteiger partial charge in [-0.2, -0.15) is 10.1 Å². The molecule has 0 atom stereocenters. The molecule has 0 spiro atoms. The first-order chi connectivity index (χ1) is 9.06.